The Bertz CT molecular complexity index is 1050. The molecule has 1 saturated carbocycles. The maximum atomic E-state index is 13.8. The summed E-state index contributed by atoms with van der Waals surface area (Å²) in [5, 5.41) is 7.96. The molecule has 1 aliphatic carbocycles. The van der Waals surface area contributed by atoms with Gasteiger partial charge in [0.05, 0.1) is 6.04 Å². The topological polar surface area (TPSA) is 174 Å². The largest absolute Gasteiger partial charge is 0.444 e. The number of hydrogen-bond donors (Lipinski definition) is 5. The molecule has 4 amide bonds. The van der Waals surface area contributed by atoms with Gasteiger partial charge < -0.3 is 34.7 Å². The predicted octanol–water partition coefficient (Wildman–Crippen LogP) is 3.56. The summed E-state index contributed by atoms with van der Waals surface area (Å²) in [6.45, 7) is 11.2. The van der Waals surface area contributed by atoms with E-state index in [0.717, 1.165) is 38.4 Å². The van der Waals surface area contributed by atoms with Crippen molar-refractivity contribution in [3.05, 3.63) is 12.7 Å². The Labute approximate surface area is 250 Å². The van der Waals surface area contributed by atoms with Gasteiger partial charge >= 0.3 is 6.09 Å². The third-order valence-electron chi connectivity index (χ3n) is 6.74. The summed E-state index contributed by atoms with van der Waals surface area (Å²) in [7, 11) is -2.67. The van der Waals surface area contributed by atoms with Gasteiger partial charge in [0, 0.05) is 29.3 Å². The Morgan fingerprint density at radius 1 is 1.07 bits per heavy atom. The second-order valence-electron chi connectivity index (χ2n) is 11.8. The fourth-order valence-electron chi connectivity index (χ4n) is 5.00. The van der Waals surface area contributed by atoms with Gasteiger partial charge in [0.15, 0.2) is 0 Å². The van der Waals surface area contributed by atoms with Crippen LogP contribution in [0.2, 0.25) is 0 Å². The summed E-state index contributed by atoms with van der Waals surface area (Å²) in [5.41, 5.74) is 3.84. The average Bonchev–Trinajstić information content (AvgIpc) is 3.38. The minimum atomic E-state index is -2.67. The molecule has 1 aliphatic heterocycles. The molecule has 5 N–H and O–H groups in total. The lowest BCUT2D eigenvalue weighted by Crippen LogP contribution is -2.58. The second kappa shape index (κ2) is 17.3. The van der Waals surface area contributed by atoms with Crippen LogP contribution in [0.3, 0.4) is 0 Å². The smallest absolute Gasteiger partial charge is 0.408 e. The molecule has 2 unspecified atom stereocenters. The van der Waals surface area contributed by atoms with Crippen LogP contribution in [0.5, 0.6) is 0 Å². The van der Waals surface area contributed by atoms with Crippen LogP contribution in [0.4, 0.5) is 4.79 Å². The van der Waals surface area contributed by atoms with E-state index in [1.807, 2.05) is 6.92 Å². The number of likely N-dealkylation sites (tertiary alicyclic amines) is 1. The van der Waals surface area contributed by atoms with Crippen LogP contribution in [0.1, 0.15) is 85.5 Å². The summed E-state index contributed by atoms with van der Waals surface area (Å²) >= 11 is 0. The molecule has 0 bridgehead atoms. The molecule has 13 heteroatoms. The van der Waals surface area contributed by atoms with Gasteiger partial charge in [-0.3, -0.25) is 19.2 Å². The highest BCUT2D eigenvalue weighted by atomic mass is 32.3. The van der Waals surface area contributed by atoms with Crippen molar-refractivity contribution in [2.75, 3.05) is 19.3 Å². The first-order valence-corrected chi connectivity index (χ1v) is 16.5. The molecule has 12 nitrogen and oxygen atoms in total. The van der Waals surface area contributed by atoms with Crippen molar-refractivity contribution < 1.29 is 37.8 Å². The van der Waals surface area contributed by atoms with Gasteiger partial charge in [-0.15, -0.1) is 6.58 Å². The van der Waals surface area contributed by atoms with Gasteiger partial charge in [0.2, 0.25) is 17.6 Å². The lowest BCUT2D eigenvalue weighted by molar-refractivity contribution is -0.143. The van der Waals surface area contributed by atoms with Crippen molar-refractivity contribution in [2.24, 2.45) is 5.92 Å². The third kappa shape index (κ3) is 13.9. The van der Waals surface area contributed by atoms with Gasteiger partial charge in [0.25, 0.3) is 5.91 Å². The van der Waals surface area contributed by atoms with E-state index in [0.29, 0.717) is 32.2 Å². The molecule has 2 aliphatic rings. The highest BCUT2D eigenvalue weighted by Crippen LogP contribution is 2.29. The van der Waals surface area contributed by atoms with Gasteiger partial charge in [-0.2, -0.15) is 0 Å². The molecule has 42 heavy (non-hydrogen) atoms. The van der Waals surface area contributed by atoms with Crippen LogP contribution < -0.4 is 16.0 Å². The number of ether oxygens (including phenoxy) is 1. The van der Waals surface area contributed by atoms with Crippen molar-refractivity contribution in [1.82, 2.24) is 20.9 Å². The number of amides is 4. The minimum Gasteiger partial charge on any atom is -0.444 e. The number of nitrogens with one attached hydrogen (secondary N) is 3. The summed E-state index contributed by atoms with van der Waals surface area (Å²) in [4.78, 5) is 66.0. The monoisotopic (exact) mass is 614 g/mol. The second-order valence-corrected chi connectivity index (χ2v) is 13.6. The highest BCUT2D eigenvalue weighted by molar-refractivity contribution is 8.13. The molecule has 0 aromatic carbocycles. The molecule has 0 spiro atoms. The van der Waals surface area contributed by atoms with Crippen molar-refractivity contribution in [3.63, 3.8) is 0 Å². The number of carbonyl (C=O) groups is 5. The summed E-state index contributed by atoms with van der Waals surface area (Å²) in [5.74, 6) is -2.32. The minimum absolute atomic E-state index is 0.0407. The van der Waals surface area contributed by atoms with Crippen LogP contribution in [-0.2, 0) is 23.9 Å². The standard InChI is InChI=1S/C27H44N4O6.C2H6O2S/c1-6-12-19(22(32)24(34)28-16-7-2)29-23(33)20-15-11-17-31(20)25(35)21(18-13-9-8-10-14-18)30-26(36)37-27(3,4)5;1-5(2,3)4/h7,18-21H,2,6,8-17H2,1,3-5H3,(H,28,34)(H,29,33)(H,30,36);1,3-4H,2H3/t19?,20-,21?;/m0./s1. The van der Waals surface area contributed by atoms with Crippen LogP contribution in [0.25, 0.3) is 0 Å². The fourth-order valence-corrected chi connectivity index (χ4v) is 5.00. The Morgan fingerprint density at radius 2 is 1.67 bits per heavy atom. The summed E-state index contributed by atoms with van der Waals surface area (Å²) < 4.78 is 21.3. The van der Waals surface area contributed by atoms with Crippen molar-refractivity contribution in [2.45, 2.75) is 109 Å². The molecular formula is C29H50N4O8S. The van der Waals surface area contributed by atoms with Gasteiger partial charge in [-0.05, 0) is 58.8 Å². The molecular weight excluding hydrogens is 564 g/mol. The van der Waals surface area contributed by atoms with E-state index in [2.05, 4.69) is 28.2 Å². The van der Waals surface area contributed by atoms with Crippen molar-refractivity contribution in [3.8, 4) is 5.69 Å². The van der Waals surface area contributed by atoms with E-state index in [-0.39, 0.29) is 18.4 Å². The summed E-state index contributed by atoms with van der Waals surface area (Å²) in [6, 6.07) is -2.54. The quantitative estimate of drug-likeness (QED) is 0.173. The van der Waals surface area contributed by atoms with Gasteiger partial charge in [-0.1, -0.05) is 44.4 Å². The van der Waals surface area contributed by atoms with E-state index in [1.165, 1.54) is 11.0 Å². The molecule has 0 aromatic heterocycles. The number of hydrogen-bond acceptors (Lipinski definition) is 8. The van der Waals surface area contributed by atoms with Gasteiger partial charge in [0.1, 0.15) is 17.7 Å². The third-order valence-corrected chi connectivity index (χ3v) is 6.74. The number of alkyl carbamates (subject to hydrolysis) is 1. The zero-order chi connectivity index (χ0) is 32.1. The fraction of sp³-hybridized carbons (Fsp3) is 0.724. The SMILES string of the molecule is C#S(C)(O)O.C=CCNC(=O)C(=O)C(CCC)NC(=O)[C@@H]1CCCN1C(=O)C(NC(=O)OC(C)(C)C)C1CCCCC1. The number of ketones is 1. The van der Waals surface area contributed by atoms with E-state index in [4.69, 9.17) is 13.8 Å². The lowest BCUT2D eigenvalue weighted by atomic mass is 9.83. The van der Waals surface area contributed by atoms with Crippen LogP contribution >= 0.6 is 10.00 Å². The van der Waals surface area contributed by atoms with Crippen LogP contribution in [-0.4, -0.2) is 86.7 Å². The Morgan fingerprint density at radius 3 is 2.19 bits per heavy atom. The Kier molecular flexibility index (Phi) is 15.3. The molecule has 0 radical (unpaired) electrons. The highest BCUT2D eigenvalue weighted by Gasteiger charge is 2.42. The average molecular weight is 615 g/mol. The number of Topliss-reactive ketones (excluding diaryl/α,β-unsaturated/α-hetero) is 1. The molecule has 240 valence electrons. The number of nitrogens with zero attached hydrogens (tertiary/aromatic N) is 1. The van der Waals surface area contributed by atoms with Crippen LogP contribution in [0, 0.1) is 11.6 Å². The van der Waals surface area contributed by atoms with E-state index in [9.17, 15) is 24.0 Å². The molecule has 2 rings (SSSR count). The zero-order valence-electron chi connectivity index (χ0n) is 25.6. The van der Waals surface area contributed by atoms with Crippen molar-refractivity contribution in [1.29, 1.82) is 0 Å². The van der Waals surface area contributed by atoms with E-state index < -0.39 is 57.4 Å². The molecule has 2 fully saturated rings. The molecule has 0 aromatic rings. The predicted molar refractivity (Wildman–Crippen MR) is 163 cm³/mol. The zero-order valence-corrected chi connectivity index (χ0v) is 26.5. The maximum Gasteiger partial charge on any atom is 0.408 e. The normalized spacial score (nSPS) is 18.9. The molecule has 1 heterocycles. The Balaban J connectivity index is 0.00000162. The first kappa shape index (κ1) is 37.2. The molecule has 1 saturated heterocycles. The van der Waals surface area contributed by atoms with E-state index in [1.54, 1.807) is 20.8 Å². The Hall–Kier alpha value is -2.86. The maximum absolute atomic E-state index is 13.8. The van der Waals surface area contributed by atoms with E-state index >= 15 is 0 Å². The first-order valence-electron chi connectivity index (χ1n) is 14.5. The van der Waals surface area contributed by atoms with Gasteiger partial charge in [-0.25, -0.2) is 4.79 Å². The number of rotatable bonds is 11. The number of carbonyl (C=O) groups excluding carboxylic acids is 5. The van der Waals surface area contributed by atoms with Crippen molar-refractivity contribution >= 4 is 39.6 Å². The molecule has 3 atom stereocenters. The van der Waals surface area contributed by atoms with Crippen LogP contribution in [0.15, 0.2) is 12.7 Å². The summed E-state index contributed by atoms with van der Waals surface area (Å²) in [6.07, 6.45) is 8.58. The lowest BCUT2D eigenvalue weighted by Gasteiger charge is -2.35. The first-order chi connectivity index (χ1) is 19.5.